The smallest absolute Gasteiger partial charge is 0.324 e. The van der Waals surface area contributed by atoms with Crippen LogP contribution in [0.1, 0.15) is 13.8 Å². The van der Waals surface area contributed by atoms with Crippen LogP contribution in [0.4, 0.5) is 14.5 Å². The van der Waals surface area contributed by atoms with Gasteiger partial charge >= 0.3 is 5.97 Å². The molecule has 0 aromatic heterocycles. The molecule has 2 aromatic carbocycles. The SMILES string of the molecule is C[C@H](NS(=O)(=O)c1ccc(F)cc1)C(=O)O[C@H](C)C(=O)Nc1cccc(F)c1. The Hall–Kier alpha value is -2.85. The highest BCUT2D eigenvalue weighted by atomic mass is 32.2. The molecule has 0 spiro atoms. The van der Waals surface area contributed by atoms with Crippen molar-refractivity contribution in [3.05, 3.63) is 60.2 Å². The monoisotopic (exact) mass is 412 g/mol. The lowest BCUT2D eigenvalue weighted by Gasteiger charge is -2.17. The first-order valence-electron chi connectivity index (χ1n) is 8.13. The van der Waals surface area contributed by atoms with Crippen LogP contribution >= 0.6 is 0 Å². The Morgan fingerprint density at radius 3 is 2.25 bits per heavy atom. The minimum atomic E-state index is -4.09. The largest absolute Gasteiger partial charge is 0.451 e. The van der Waals surface area contributed by atoms with Crippen LogP contribution in [0.25, 0.3) is 0 Å². The summed E-state index contributed by atoms with van der Waals surface area (Å²) in [6, 6.07) is 7.87. The van der Waals surface area contributed by atoms with E-state index in [0.717, 1.165) is 30.3 Å². The molecule has 1 amide bonds. The van der Waals surface area contributed by atoms with Crippen molar-refractivity contribution in [3.8, 4) is 0 Å². The van der Waals surface area contributed by atoms with Crippen LogP contribution < -0.4 is 10.0 Å². The van der Waals surface area contributed by atoms with E-state index in [1.807, 2.05) is 0 Å². The molecule has 0 heterocycles. The lowest BCUT2D eigenvalue weighted by atomic mass is 10.3. The third-order valence-electron chi connectivity index (χ3n) is 3.56. The van der Waals surface area contributed by atoms with Gasteiger partial charge in [-0.2, -0.15) is 4.72 Å². The van der Waals surface area contributed by atoms with Crippen LogP contribution in [0, 0.1) is 11.6 Å². The number of rotatable bonds is 7. The third-order valence-corrected chi connectivity index (χ3v) is 5.12. The molecule has 7 nitrogen and oxygen atoms in total. The second kappa shape index (κ2) is 8.89. The number of amides is 1. The minimum absolute atomic E-state index is 0.179. The highest BCUT2D eigenvalue weighted by Crippen LogP contribution is 2.12. The fourth-order valence-electron chi connectivity index (χ4n) is 2.10. The van der Waals surface area contributed by atoms with Gasteiger partial charge < -0.3 is 10.1 Å². The summed E-state index contributed by atoms with van der Waals surface area (Å²) in [5.74, 6) is -2.86. The molecule has 0 fully saturated rings. The normalized spacial score (nSPS) is 13.4. The first-order chi connectivity index (χ1) is 13.1. The van der Waals surface area contributed by atoms with E-state index < -0.39 is 45.7 Å². The molecule has 2 N–H and O–H groups in total. The maximum atomic E-state index is 13.1. The number of anilines is 1. The summed E-state index contributed by atoms with van der Waals surface area (Å²) in [6.45, 7) is 2.52. The number of hydrogen-bond acceptors (Lipinski definition) is 5. The summed E-state index contributed by atoms with van der Waals surface area (Å²) in [7, 11) is -4.09. The van der Waals surface area contributed by atoms with Crippen molar-refractivity contribution in [1.82, 2.24) is 4.72 Å². The molecule has 2 atom stereocenters. The van der Waals surface area contributed by atoms with Crippen molar-refractivity contribution >= 4 is 27.6 Å². The number of nitrogens with one attached hydrogen (secondary N) is 2. The van der Waals surface area contributed by atoms with E-state index in [1.54, 1.807) is 0 Å². The van der Waals surface area contributed by atoms with Crippen molar-refractivity contribution in [3.63, 3.8) is 0 Å². The number of hydrogen-bond donors (Lipinski definition) is 2. The number of halogens is 2. The van der Waals surface area contributed by atoms with Crippen LogP contribution in [0.15, 0.2) is 53.4 Å². The molecule has 10 heteroatoms. The average Bonchev–Trinajstić information content (AvgIpc) is 2.61. The minimum Gasteiger partial charge on any atom is -0.451 e. The number of benzene rings is 2. The molecule has 0 saturated carbocycles. The van der Waals surface area contributed by atoms with Crippen molar-refractivity contribution in [2.24, 2.45) is 0 Å². The molecule has 0 unspecified atom stereocenters. The van der Waals surface area contributed by atoms with Gasteiger partial charge in [-0.15, -0.1) is 0 Å². The van der Waals surface area contributed by atoms with E-state index in [0.29, 0.717) is 0 Å². The lowest BCUT2D eigenvalue weighted by molar-refractivity contribution is -0.154. The van der Waals surface area contributed by atoms with Crippen LogP contribution in [-0.2, 0) is 24.3 Å². The van der Waals surface area contributed by atoms with Crippen LogP contribution in [0.3, 0.4) is 0 Å². The number of carbonyl (C=O) groups is 2. The summed E-state index contributed by atoms with van der Waals surface area (Å²) < 4.78 is 57.5. The predicted molar refractivity (Wildman–Crippen MR) is 96.8 cm³/mol. The van der Waals surface area contributed by atoms with Crippen LogP contribution in [0.2, 0.25) is 0 Å². The van der Waals surface area contributed by atoms with Gasteiger partial charge in [0.05, 0.1) is 4.90 Å². The zero-order valence-corrected chi connectivity index (χ0v) is 15.8. The fraction of sp³-hybridized carbons (Fsp3) is 0.222. The number of ether oxygens (including phenoxy) is 1. The average molecular weight is 412 g/mol. The molecular formula is C18H18F2N2O5S. The van der Waals surface area contributed by atoms with E-state index in [2.05, 4.69) is 10.0 Å². The van der Waals surface area contributed by atoms with Gasteiger partial charge in [0, 0.05) is 5.69 Å². The van der Waals surface area contributed by atoms with Gasteiger partial charge in [-0.05, 0) is 56.3 Å². The van der Waals surface area contributed by atoms with Gasteiger partial charge in [-0.25, -0.2) is 17.2 Å². The fourth-order valence-corrected chi connectivity index (χ4v) is 3.29. The maximum absolute atomic E-state index is 13.1. The Bertz CT molecular complexity index is 964. The Morgan fingerprint density at radius 2 is 1.64 bits per heavy atom. The summed E-state index contributed by atoms with van der Waals surface area (Å²) in [5, 5.41) is 2.38. The van der Waals surface area contributed by atoms with Gasteiger partial charge in [0.1, 0.15) is 17.7 Å². The molecule has 0 bridgehead atoms. The highest BCUT2D eigenvalue weighted by Gasteiger charge is 2.26. The molecule has 2 rings (SSSR count). The van der Waals surface area contributed by atoms with Gasteiger partial charge in [-0.1, -0.05) is 6.07 Å². The van der Waals surface area contributed by atoms with Crippen molar-refractivity contribution < 1.29 is 31.5 Å². The van der Waals surface area contributed by atoms with Gasteiger partial charge in [0.15, 0.2) is 6.10 Å². The second-order valence-electron chi connectivity index (χ2n) is 5.88. The third kappa shape index (κ3) is 5.83. The number of sulfonamides is 1. The molecule has 150 valence electrons. The standard InChI is InChI=1S/C18H18F2N2O5S/c1-11(22-28(25,26)16-8-6-13(19)7-9-16)18(24)27-12(2)17(23)21-15-5-3-4-14(20)10-15/h3-12,22H,1-2H3,(H,21,23)/t11-,12+/m0/s1. The molecule has 0 aliphatic heterocycles. The van der Waals surface area contributed by atoms with E-state index in [9.17, 15) is 26.8 Å². The van der Waals surface area contributed by atoms with E-state index in [1.165, 1.54) is 32.0 Å². The molecule has 0 radical (unpaired) electrons. The quantitative estimate of drug-likeness (QED) is 0.679. The van der Waals surface area contributed by atoms with E-state index in [4.69, 9.17) is 4.74 Å². The molecule has 2 aromatic rings. The lowest BCUT2D eigenvalue weighted by Crippen LogP contribution is -2.42. The first kappa shape index (κ1) is 21.5. The van der Waals surface area contributed by atoms with Crippen LogP contribution in [-0.4, -0.2) is 32.4 Å². The molecule has 28 heavy (non-hydrogen) atoms. The number of carbonyl (C=O) groups excluding carboxylic acids is 2. The molecular weight excluding hydrogens is 394 g/mol. The zero-order valence-electron chi connectivity index (χ0n) is 15.0. The number of esters is 1. The summed E-state index contributed by atoms with van der Waals surface area (Å²) in [5.41, 5.74) is 0.179. The maximum Gasteiger partial charge on any atom is 0.324 e. The predicted octanol–water partition coefficient (Wildman–Crippen LogP) is 2.20. The summed E-state index contributed by atoms with van der Waals surface area (Å²) in [6.07, 6.45) is -1.26. The van der Waals surface area contributed by atoms with Crippen molar-refractivity contribution in [1.29, 1.82) is 0 Å². The molecule has 0 aliphatic carbocycles. The van der Waals surface area contributed by atoms with Gasteiger partial charge in [-0.3, -0.25) is 9.59 Å². The summed E-state index contributed by atoms with van der Waals surface area (Å²) >= 11 is 0. The first-order valence-corrected chi connectivity index (χ1v) is 9.61. The Kier molecular flexibility index (Phi) is 6.81. The highest BCUT2D eigenvalue weighted by molar-refractivity contribution is 7.89. The Labute approximate surface area is 160 Å². The van der Waals surface area contributed by atoms with Crippen molar-refractivity contribution in [2.45, 2.75) is 30.9 Å². The van der Waals surface area contributed by atoms with E-state index in [-0.39, 0.29) is 10.6 Å². The second-order valence-corrected chi connectivity index (χ2v) is 7.59. The van der Waals surface area contributed by atoms with Crippen LogP contribution in [0.5, 0.6) is 0 Å². The summed E-state index contributed by atoms with van der Waals surface area (Å²) in [4.78, 5) is 23.9. The molecule has 0 saturated heterocycles. The Balaban J connectivity index is 1.95. The topological polar surface area (TPSA) is 102 Å². The van der Waals surface area contributed by atoms with Gasteiger partial charge in [0.2, 0.25) is 10.0 Å². The van der Waals surface area contributed by atoms with E-state index >= 15 is 0 Å². The van der Waals surface area contributed by atoms with Gasteiger partial charge in [0.25, 0.3) is 5.91 Å². The molecule has 0 aliphatic rings. The van der Waals surface area contributed by atoms with Crippen molar-refractivity contribution in [2.75, 3.05) is 5.32 Å². The zero-order chi connectivity index (χ0) is 20.9. The Morgan fingerprint density at radius 1 is 1.00 bits per heavy atom.